The average molecular weight is 349 g/mol. The second kappa shape index (κ2) is 9.04. The quantitative estimate of drug-likeness (QED) is 0.649. The first-order chi connectivity index (χ1) is 12.7. The summed E-state index contributed by atoms with van der Waals surface area (Å²) in [5, 5.41) is 0. The summed E-state index contributed by atoms with van der Waals surface area (Å²) in [5.41, 5.74) is 3.33. The Morgan fingerprint density at radius 3 is 2.38 bits per heavy atom. The van der Waals surface area contributed by atoms with Crippen molar-refractivity contribution in [3.63, 3.8) is 0 Å². The molecule has 0 unspecified atom stereocenters. The van der Waals surface area contributed by atoms with Crippen molar-refractivity contribution in [1.29, 1.82) is 0 Å². The maximum atomic E-state index is 12.4. The van der Waals surface area contributed by atoms with Crippen LogP contribution in [-0.2, 0) is 6.42 Å². The van der Waals surface area contributed by atoms with Crippen LogP contribution >= 0.6 is 0 Å². The maximum Gasteiger partial charge on any atom is 0.162 e. The van der Waals surface area contributed by atoms with Crippen LogP contribution in [0.3, 0.4) is 0 Å². The summed E-state index contributed by atoms with van der Waals surface area (Å²) in [6.45, 7) is 0. The van der Waals surface area contributed by atoms with Gasteiger partial charge in [-0.25, -0.2) is 4.98 Å². The van der Waals surface area contributed by atoms with E-state index in [0.717, 1.165) is 43.5 Å². The average Bonchev–Trinajstić information content (AvgIpc) is 3.35. The Morgan fingerprint density at radius 2 is 1.77 bits per heavy atom. The lowest BCUT2D eigenvalue weighted by molar-refractivity contribution is 0.0979. The molecule has 1 aliphatic heterocycles. The summed E-state index contributed by atoms with van der Waals surface area (Å²) >= 11 is 0. The van der Waals surface area contributed by atoms with Gasteiger partial charge in [0.05, 0.1) is 6.33 Å². The number of nitrogens with zero attached hydrogens (tertiary/aromatic N) is 2. The fourth-order valence-corrected chi connectivity index (χ4v) is 3.02. The Balaban J connectivity index is 1.48. The largest absolute Gasteiger partial charge is 0.348 e. The second-order valence-electron chi connectivity index (χ2n) is 6.45. The van der Waals surface area contributed by atoms with Crippen LogP contribution in [0.25, 0.3) is 0 Å². The summed E-state index contributed by atoms with van der Waals surface area (Å²) in [6.07, 6.45) is 12.4. The molecule has 3 rings (SSSR count). The van der Waals surface area contributed by atoms with E-state index in [2.05, 4.69) is 21.0 Å². The number of rotatable bonds is 10. The topological polar surface area (TPSA) is 75.2 Å². The van der Waals surface area contributed by atoms with Gasteiger partial charge in [0.25, 0.3) is 0 Å². The van der Waals surface area contributed by atoms with Gasteiger partial charge in [0, 0.05) is 54.2 Å². The van der Waals surface area contributed by atoms with Gasteiger partial charge in [-0.15, -0.1) is 0 Å². The highest BCUT2D eigenvalue weighted by Crippen LogP contribution is 2.17. The summed E-state index contributed by atoms with van der Waals surface area (Å²) < 4.78 is 0. The van der Waals surface area contributed by atoms with Crippen LogP contribution in [-0.4, -0.2) is 27.7 Å². The zero-order valence-corrected chi connectivity index (χ0v) is 14.8. The number of carbonyl (C=O) groups excluding carboxylic acids is 2. The molecule has 1 N–H and O–H groups in total. The number of Topliss-reactive ketones (excluding diaryl/α,β-unsaturated/α-hetero) is 2. The van der Waals surface area contributed by atoms with Crippen LogP contribution in [0.5, 0.6) is 0 Å². The number of ketones is 2. The highest BCUT2D eigenvalue weighted by Gasteiger charge is 2.11. The van der Waals surface area contributed by atoms with Gasteiger partial charge in [-0.1, -0.05) is 24.3 Å². The summed E-state index contributed by atoms with van der Waals surface area (Å²) in [4.78, 5) is 36.0. The van der Waals surface area contributed by atoms with Gasteiger partial charge < -0.3 is 4.98 Å². The third-order valence-corrected chi connectivity index (χ3v) is 4.46. The van der Waals surface area contributed by atoms with Crippen molar-refractivity contribution < 1.29 is 9.59 Å². The van der Waals surface area contributed by atoms with Crippen LogP contribution in [0.15, 0.2) is 53.6 Å². The van der Waals surface area contributed by atoms with E-state index in [1.165, 1.54) is 0 Å². The molecular weight excluding hydrogens is 326 g/mol. The molecular formula is C21H23N3O2. The SMILES string of the molecule is O=C(CCCC1=CCC=N1)c1cccc(C(=O)CCCc2cnc[nH]2)c1. The molecule has 1 aliphatic rings. The number of nitrogens with one attached hydrogen (secondary N) is 1. The fraction of sp³-hybridized carbons (Fsp3) is 0.333. The molecule has 134 valence electrons. The Morgan fingerprint density at radius 1 is 1.04 bits per heavy atom. The number of aromatic nitrogens is 2. The van der Waals surface area contributed by atoms with E-state index in [9.17, 15) is 9.59 Å². The van der Waals surface area contributed by atoms with E-state index >= 15 is 0 Å². The molecule has 0 bridgehead atoms. The molecule has 0 radical (unpaired) electrons. The number of carbonyl (C=O) groups is 2. The number of benzene rings is 1. The Labute approximate surface area is 153 Å². The van der Waals surface area contributed by atoms with Crippen LogP contribution in [0.1, 0.15) is 64.9 Å². The molecule has 5 heteroatoms. The lowest BCUT2D eigenvalue weighted by Gasteiger charge is -2.05. The first-order valence-electron chi connectivity index (χ1n) is 9.07. The monoisotopic (exact) mass is 349 g/mol. The smallest absolute Gasteiger partial charge is 0.162 e. The first-order valence-corrected chi connectivity index (χ1v) is 9.07. The zero-order valence-electron chi connectivity index (χ0n) is 14.8. The molecule has 0 saturated heterocycles. The number of aryl methyl sites for hydroxylation is 1. The highest BCUT2D eigenvalue weighted by molar-refractivity contribution is 6.01. The minimum atomic E-state index is 0.0737. The van der Waals surface area contributed by atoms with Gasteiger partial charge in [0.1, 0.15) is 0 Å². The van der Waals surface area contributed by atoms with Crippen LogP contribution in [0, 0.1) is 0 Å². The lowest BCUT2D eigenvalue weighted by Crippen LogP contribution is -2.04. The lowest BCUT2D eigenvalue weighted by atomic mass is 9.99. The number of aliphatic imine (C=N–C) groups is 1. The third-order valence-electron chi connectivity index (χ3n) is 4.46. The van der Waals surface area contributed by atoms with Crippen molar-refractivity contribution in [2.45, 2.75) is 44.9 Å². The standard InChI is InChI=1S/C21H23N3O2/c25-20(10-2-7-18-9-4-12-23-18)16-5-1-6-17(13-16)21(26)11-3-8-19-14-22-15-24-19/h1,5-6,9,12-15H,2-4,7-8,10-11H2,(H,22,24). The minimum Gasteiger partial charge on any atom is -0.348 e. The molecule has 2 aromatic rings. The third kappa shape index (κ3) is 5.09. The summed E-state index contributed by atoms with van der Waals surface area (Å²) in [7, 11) is 0. The van der Waals surface area contributed by atoms with Gasteiger partial charge in [0.2, 0.25) is 0 Å². The van der Waals surface area contributed by atoms with Crippen molar-refractivity contribution in [1.82, 2.24) is 9.97 Å². The molecule has 1 aromatic carbocycles. The summed E-state index contributed by atoms with van der Waals surface area (Å²) in [6, 6.07) is 7.09. The molecule has 0 saturated carbocycles. The number of allylic oxidation sites excluding steroid dienone is 2. The van der Waals surface area contributed by atoms with E-state index in [0.29, 0.717) is 24.0 Å². The predicted octanol–water partition coefficient (Wildman–Crippen LogP) is 4.33. The second-order valence-corrected chi connectivity index (χ2v) is 6.45. The van der Waals surface area contributed by atoms with Gasteiger partial charge in [-0.3, -0.25) is 14.6 Å². The molecule has 1 aromatic heterocycles. The van der Waals surface area contributed by atoms with E-state index < -0.39 is 0 Å². The van der Waals surface area contributed by atoms with E-state index in [-0.39, 0.29) is 11.6 Å². The van der Waals surface area contributed by atoms with Crippen molar-refractivity contribution >= 4 is 17.8 Å². The molecule has 0 aliphatic carbocycles. The molecule has 0 amide bonds. The Kier molecular flexibility index (Phi) is 6.25. The maximum absolute atomic E-state index is 12.4. The van der Waals surface area contributed by atoms with Crippen molar-refractivity contribution in [2.75, 3.05) is 0 Å². The number of H-pyrrole nitrogens is 1. The van der Waals surface area contributed by atoms with Crippen molar-refractivity contribution in [2.24, 2.45) is 4.99 Å². The van der Waals surface area contributed by atoms with Crippen LogP contribution in [0.2, 0.25) is 0 Å². The normalized spacial score (nSPS) is 13.0. The predicted molar refractivity (Wildman–Crippen MR) is 102 cm³/mol. The number of aromatic amines is 1. The first kappa shape index (κ1) is 18.0. The van der Waals surface area contributed by atoms with Gasteiger partial charge in [0.15, 0.2) is 11.6 Å². The number of hydrogen-bond donors (Lipinski definition) is 1. The number of hydrogen-bond acceptors (Lipinski definition) is 4. The van der Waals surface area contributed by atoms with Gasteiger partial charge in [-0.05, 0) is 31.7 Å². The van der Waals surface area contributed by atoms with E-state index in [4.69, 9.17) is 0 Å². The molecule has 0 fully saturated rings. The minimum absolute atomic E-state index is 0.0737. The molecule has 5 nitrogen and oxygen atoms in total. The van der Waals surface area contributed by atoms with Gasteiger partial charge in [-0.2, -0.15) is 0 Å². The molecule has 0 spiro atoms. The van der Waals surface area contributed by atoms with E-state index in [1.807, 2.05) is 6.21 Å². The Bertz CT molecular complexity index is 820. The highest BCUT2D eigenvalue weighted by atomic mass is 16.1. The number of imidazole rings is 1. The molecule has 0 atom stereocenters. The summed E-state index contributed by atoms with van der Waals surface area (Å²) in [5.74, 6) is 0.157. The van der Waals surface area contributed by atoms with Crippen LogP contribution < -0.4 is 0 Å². The van der Waals surface area contributed by atoms with E-state index in [1.54, 1.807) is 36.8 Å². The molecule has 26 heavy (non-hydrogen) atoms. The molecule has 2 heterocycles. The van der Waals surface area contributed by atoms with Crippen LogP contribution in [0.4, 0.5) is 0 Å². The van der Waals surface area contributed by atoms with Gasteiger partial charge >= 0.3 is 0 Å². The zero-order chi connectivity index (χ0) is 18.2. The van der Waals surface area contributed by atoms with Crippen molar-refractivity contribution in [3.8, 4) is 0 Å². The fourth-order valence-electron chi connectivity index (χ4n) is 3.02. The Hall–Kier alpha value is -2.82. The van der Waals surface area contributed by atoms with Crippen molar-refractivity contribution in [3.05, 3.63) is 65.4 Å².